The molecule has 41 heavy (non-hydrogen) atoms. The van der Waals surface area contributed by atoms with Crippen LogP contribution in [0.4, 0.5) is 43.9 Å². The van der Waals surface area contributed by atoms with Gasteiger partial charge in [-0.05, 0) is 29.8 Å². The minimum atomic E-state index is -5.32. The van der Waals surface area contributed by atoms with Crippen LogP contribution in [0.5, 0.6) is 0 Å². The average Bonchev–Trinajstić information content (AvgIpc) is 2.85. The Bertz CT molecular complexity index is 1350. The molecular weight excluding hydrogens is 623 g/mol. The molecule has 0 saturated heterocycles. The topological polar surface area (TPSA) is 63.2 Å². The minimum absolute atomic E-state index is 0.0573. The Kier molecular flexibility index (Phi) is 10.6. The van der Waals surface area contributed by atoms with Crippen molar-refractivity contribution in [2.24, 2.45) is 5.92 Å². The molecule has 0 bridgehead atoms. The van der Waals surface area contributed by atoms with Crippen LogP contribution in [0, 0.1) is 5.92 Å². The highest BCUT2D eigenvalue weighted by atomic mass is 35.5. The van der Waals surface area contributed by atoms with Gasteiger partial charge in [0.2, 0.25) is 5.91 Å². The van der Waals surface area contributed by atoms with Gasteiger partial charge in [-0.15, -0.1) is 0 Å². The van der Waals surface area contributed by atoms with E-state index in [0.29, 0.717) is 24.3 Å². The number of allylic oxidation sites excluding steroid dienone is 1. The molecular formula is C25H17Cl2F10NO3. The number of amides is 1. The molecule has 4 nitrogen and oxygen atoms in total. The van der Waals surface area contributed by atoms with Crippen molar-refractivity contribution in [1.29, 1.82) is 0 Å². The summed E-state index contributed by atoms with van der Waals surface area (Å²) in [7, 11) is 0. The minimum Gasteiger partial charge on any atom is -0.347 e. The monoisotopic (exact) mass is 639 g/mol. The molecule has 224 valence electrons. The SMILES string of the molecule is C[C@@H](CC(=O)c1ccc(/C(F)=C/C(c2cc(Cl)c(Cl)c(C=O)c2)C(F)(F)F)cc1C(F)(F)F)C(=O)NCC(F)(F)F. The van der Waals surface area contributed by atoms with E-state index in [0.717, 1.165) is 6.92 Å². The Morgan fingerprint density at radius 1 is 0.976 bits per heavy atom. The van der Waals surface area contributed by atoms with Gasteiger partial charge in [0.25, 0.3) is 0 Å². The van der Waals surface area contributed by atoms with Gasteiger partial charge < -0.3 is 5.32 Å². The van der Waals surface area contributed by atoms with E-state index in [-0.39, 0.29) is 23.5 Å². The van der Waals surface area contributed by atoms with Crippen molar-refractivity contribution in [2.45, 2.75) is 37.8 Å². The van der Waals surface area contributed by atoms with E-state index in [4.69, 9.17) is 23.2 Å². The molecule has 0 aliphatic heterocycles. The highest BCUT2D eigenvalue weighted by molar-refractivity contribution is 6.43. The quantitative estimate of drug-likeness (QED) is 0.170. The van der Waals surface area contributed by atoms with E-state index in [1.165, 1.54) is 5.32 Å². The molecule has 1 unspecified atom stereocenters. The maximum atomic E-state index is 15.0. The second-order valence-corrected chi connectivity index (χ2v) is 9.46. The first-order valence-electron chi connectivity index (χ1n) is 11.1. The fraction of sp³-hybridized carbons (Fsp3) is 0.320. The number of alkyl halides is 9. The summed E-state index contributed by atoms with van der Waals surface area (Å²) in [5.41, 5.74) is -5.05. The normalized spacial score (nSPS) is 14.4. The van der Waals surface area contributed by atoms with Gasteiger partial charge >= 0.3 is 18.5 Å². The Labute approximate surface area is 235 Å². The number of rotatable bonds is 9. The molecule has 0 aromatic heterocycles. The highest BCUT2D eigenvalue weighted by Gasteiger charge is 2.41. The van der Waals surface area contributed by atoms with Crippen LogP contribution in [0.25, 0.3) is 5.83 Å². The van der Waals surface area contributed by atoms with Crippen molar-refractivity contribution in [3.63, 3.8) is 0 Å². The van der Waals surface area contributed by atoms with Crippen molar-refractivity contribution < 1.29 is 58.3 Å². The Balaban J connectivity index is 2.48. The largest absolute Gasteiger partial charge is 0.417 e. The third-order valence-electron chi connectivity index (χ3n) is 5.53. The average molecular weight is 640 g/mol. The lowest BCUT2D eigenvalue weighted by Crippen LogP contribution is -2.37. The molecule has 2 aromatic carbocycles. The number of nitrogens with one attached hydrogen (secondary N) is 1. The second kappa shape index (κ2) is 12.8. The summed E-state index contributed by atoms with van der Waals surface area (Å²) in [6.45, 7) is -0.750. The van der Waals surface area contributed by atoms with Crippen LogP contribution in [0.1, 0.15) is 56.7 Å². The Morgan fingerprint density at radius 2 is 1.59 bits per heavy atom. The number of carbonyl (C=O) groups excluding carboxylic acids is 3. The number of Topliss-reactive ketones (excluding diaryl/α,β-unsaturated/α-hetero) is 1. The zero-order valence-corrected chi connectivity index (χ0v) is 21.9. The van der Waals surface area contributed by atoms with Gasteiger partial charge in [0.05, 0.1) is 15.6 Å². The molecule has 0 aliphatic carbocycles. The van der Waals surface area contributed by atoms with Gasteiger partial charge in [0.1, 0.15) is 18.3 Å². The number of benzene rings is 2. The number of hydrogen-bond donors (Lipinski definition) is 1. The molecule has 16 heteroatoms. The van der Waals surface area contributed by atoms with Gasteiger partial charge in [0.15, 0.2) is 12.1 Å². The fourth-order valence-corrected chi connectivity index (χ4v) is 3.92. The van der Waals surface area contributed by atoms with Gasteiger partial charge in [-0.2, -0.15) is 39.5 Å². The second-order valence-electron chi connectivity index (χ2n) is 8.68. The summed E-state index contributed by atoms with van der Waals surface area (Å²) in [5, 5.41) is 0.632. The van der Waals surface area contributed by atoms with Crippen LogP contribution in [-0.4, -0.2) is 36.9 Å². The van der Waals surface area contributed by atoms with Crippen molar-refractivity contribution >= 4 is 47.0 Å². The van der Waals surface area contributed by atoms with Crippen LogP contribution >= 0.6 is 23.2 Å². The number of aldehydes is 1. The van der Waals surface area contributed by atoms with Crippen LogP contribution < -0.4 is 5.32 Å². The first kappa shape index (κ1) is 34.1. The summed E-state index contributed by atoms with van der Waals surface area (Å²) in [4.78, 5) is 35.4. The molecule has 0 fully saturated rings. The molecule has 0 saturated carbocycles. The first-order valence-corrected chi connectivity index (χ1v) is 11.9. The summed E-state index contributed by atoms with van der Waals surface area (Å²) in [6, 6.07) is 2.51. The number of carbonyl (C=O) groups is 3. The summed E-state index contributed by atoms with van der Waals surface area (Å²) in [6.07, 6.45) is -16.2. The molecule has 2 aromatic rings. The zero-order chi connectivity index (χ0) is 31.5. The predicted octanol–water partition coefficient (Wildman–Crippen LogP) is 8.37. The Hall–Kier alpha value is -3.13. The van der Waals surface area contributed by atoms with Crippen LogP contribution in [0.3, 0.4) is 0 Å². The van der Waals surface area contributed by atoms with Gasteiger partial charge in [-0.25, -0.2) is 4.39 Å². The lowest BCUT2D eigenvalue weighted by molar-refractivity contribution is -0.140. The summed E-state index contributed by atoms with van der Waals surface area (Å²) in [5.74, 6) is -8.67. The van der Waals surface area contributed by atoms with Crippen molar-refractivity contribution in [3.05, 3.63) is 74.3 Å². The molecule has 0 heterocycles. The first-order chi connectivity index (χ1) is 18.7. The van der Waals surface area contributed by atoms with Crippen molar-refractivity contribution in [1.82, 2.24) is 5.32 Å². The number of halogens is 12. The van der Waals surface area contributed by atoms with E-state index < -0.39 is 93.7 Å². The van der Waals surface area contributed by atoms with Crippen LogP contribution in [0.2, 0.25) is 10.0 Å². The van der Waals surface area contributed by atoms with E-state index in [9.17, 15) is 58.3 Å². The maximum Gasteiger partial charge on any atom is 0.417 e. The van der Waals surface area contributed by atoms with Crippen LogP contribution in [0.15, 0.2) is 36.4 Å². The van der Waals surface area contributed by atoms with E-state index >= 15 is 0 Å². The maximum absolute atomic E-state index is 15.0. The van der Waals surface area contributed by atoms with E-state index in [1.807, 2.05) is 0 Å². The Morgan fingerprint density at radius 3 is 2.10 bits per heavy atom. The number of hydrogen-bond acceptors (Lipinski definition) is 3. The van der Waals surface area contributed by atoms with Gasteiger partial charge in [0, 0.05) is 29.0 Å². The summed E-state index contributed by atoms with van der Waals surface area (Å²) >= 11 is 11.5. The van der Waals surface area contributed by atoms with E-state index in [2.05, 4.69) is 0 Å². The number of ketones is 1. The summed E-state index contributed by atoms with van der Waals surface area (Å²) < 4.78 is 134. The zero-order valence-electron chi connectivity index (χ0n) is 20.4. The van der Waals surface area contributed by atoms with Crippen molar-refractivity contribution in [3.8, 4) is 0 Å². The third-order valence-corrected chi connectivity index (χ3v) is 6.35. The molecule has 1 N–H and O–H groups in total. The molecule has 0 radical (unpaired) electrons. The fourth-order valence-electron chi connectivity index (χ4n) is 3.53. The van der Waals surface area contributed by atoms with Gasteiger partial charge in [-0.3, -0.25) is 14.4 Å². The van der Waals surface area contributed by atoms with Gasteiger partial charge in [-0.1, -0.05) is 42.3 Å². The molecule has 2 rings (SSSR count). The lowest BCUT2D eigenvalue weighted by Gasteiger charge is -2.19. The highest BCUT2D eigenvalue weighted by Crippen LogP contribution is 2.42. The third kappa shape index (κ3) is 9.18. The lowest BCUT2D eigenvalue weighted by atomic mass is 9.92. The molecule has 2 atom stereocenters. The standard InChI is InChI=1S/C25H17Cl2F10NO3/c1-11(22(41)38-10-23(29,30)31)4-20(40)15-3-2-12(6-17(15)25(35,36)37)19(28)8-16(24(32,33)34)13-5-14(9-39)21(27)18(26)7-13/h2-3,5-9,11,16H,4,10H2,1H3,(H,38,41)/b19-8-/t11-,16?/m0/s1. The van der Waals surface area contributed by atoms with Crippen molar-refractivity contribution in [2.75, 3.05) is 6.54 Å². The van der Waals surface area contributed by atoms with Crippen LogP contribution in [-0.2, 0) is 11.0 Å². The predicted molar refractivity (Wildman–Crippen MR) is 128 cm³/mol. The van der Waals surface area contributed by atoms with E-state index in [1.54, 1.807) is 0 Å². The molecule has 0 aliphatic rings. The molecule has 1 amide bonds. The smallest absolute Gasteiger partial charge is 0.347 e. The molecule has 0 spiro atoms.